The van der Waals surface area contributed by atoms with Gasteiger partial charge in [0.25, 0.3) is 0 Å². The number of ether oxygens (including phenoxy) is 1. The lowest BCUT2D eigenvalue weighted by Crippen LogP contribution is -2.10. The van der Waals surface area contributed by atoms with Crippen LogP contribution in [-0.4, -0.2) is 11.0 Å². The summed E-state index contributed by atoms with van der Waals surface area (Å²) in [6.45, 7) is 1.92. The Labute approximate surface area is 123 Å². The standard InChI is InChI=1S/C13H11BrClNO3/c1-2-9(8-5-6-16-12(15)7-8)19-13(17)10-3-4-11(14)18-10/h3-7,9H,2H2,1H3/t9-/m0/s1. The van der Waals surface area contributed by atoms with Crippen molar-refractivity contribution >= 4 is 33.5 Å². The van der Waals surface area contributed by atoms with Gasteiger partial charge >= 0.3 is 5.97 Å². The van der Waals surface area contributed by atoms with Crippen LogP contribution >= 0.6 is 27.5 Å². The highest BCUT2D eigenvalue weighted by Crippen LogP contribution is 2.25. The summed E-state index contributed by atoms with van der Waals surface area (Å²) in [6.07, 6.45) is 1.84. The van der Waals surface area contributed by atoms with Crippen LogP contribution in [0, 0.1) is 0 Å². The van der Waals surface area contributed by atoms with E-state index in [2.05, 4.69) is 20.9 Å². The molecule has 0 radical (unpaired) electrons. The van der Waals surface area contributed by atoms with E-state index in [-0.39, 0.29) is 11.9 Å². The van der Waals surface area contributed by atoms with Gasteiger partial charge in [0, 0.05) is 6.20 Å². The molecule has 0 saturated carbocycles. The lowest BCUT2D eigenvalue weighted by molar-refractivity contribution is 0.0250. The topological polar surface area (TPSA) is 52.3 Å². The Balaban J connectivity index is 2.13. The minimum Gasteiger partial charge on any atom is -0.452 e. The molecule has 4 nitrogen and oxygen atoms in total. The Kier molecular flexibility index (Phi) is 4.61. The fourth-order valence-corrected chi connectivity index (χ4v) is 2.10. The highest BCUT2D eigenvalue weighted by atomic mass is 79.9. The molecule has 0 aliphatic rings. The van der Waals surface area contributed by atoms with Crippen molar-refractivity contribution in [1.82, 2.24) is 4.98 Å². The zero-order valence-electron chi connectivity index (χ0n) is 10.1. The second kappa shape index (κ2) is 6.21. The van der Waals surface area contributed by atoms with E-state index in [9.17, 15) is 4.79 Å². The number of hydrogen-bond acceptors (Lipinski definition) is 4. The van der Waals surface area contributed by atoms with E-state index < -0.39 is 5.97 Å². The molecule has 2 heterocycles. The molecule has 2 rings (SSSR count). The summed E-state index contributed by atoms with van der Waals surface area (Å²) in [6, 6.07) is 6.64. The van der Waals surface area contributed by atoms with Gasteiger partial charge in [-0.3, -0.25) is 0 Å². The van der Waals surface area contributed by atoms with E-state index in [0.29, 0.717) is 16.2 Å². The molecule has 0 bridgehead atoms. The van der Waals surface area contributed by atoms with Crippen molar-refractivity contribution in [2.45, 2.75) is 19.4 Å². The van der Waals surface area contributed by atoms with Crippen LogP contribution in [0.4, 0.5) is 0 Å². The SMILES string of the molecule is CC[C@H](OC(=O)c1ccc(Br)o1)c1ccnc(Cl)c1. The average molecular weight is 345 g/mol. The van der Waals surface area contributed by atoms with Crippen LogP contribution in [0.15, 0.2) is 39.5 Å². The number of furan rings is 1. The predicted octanol–water partition coefficient (Wildman–Crippen LogP) is 4.40. The zero-order valence-corrected chi connectivity index (χ0v) is 12.4. The number of hydrogen-bond donors (Lipinski definition) is 0. The fraction of sp³-hybridized carbons (Fsp3) is 0.231. The Morgan fingerprint density at radius 1 is 1.53 bits per heavy atom. The third-order valence-corrected chi connectivity index (χ3v) is 3.15. The zero-order chi connectivity index (χ0) is 13.8. The Hall–Kier alpha value is -1.33. The molecule has 0 spiro atoms. The minimum atomic E-state index is -0.509. The summed E-state index contributed by atoms with van der Waals surface area (Å²) in [5.41, 5.74) is 0.807. The average Bonchev–Trinajstić information content (AvgIpc) is 2.82. The first kappa shape index (κ1) is 14.1. The van der Waals surface area contributed by atoms with Gasteiger partial charge in [0.15, 0.2) is 4.67 Å². The molecule has 2 aromatic rings. The van der Waals surface area contributed by atoms with Gasteiger partial charge in [0.2, 0.25) is 5.76 Å². The van der Waals surface area contributed by atoms with Crippen molar-refractivity contribution in [3.05, 3.63) is 51.6 Å². The molecule has 2 aromatic heterocycles. The predicted molar refractivity (Wildman–Crippen MR) is 74.1 cm³/mol. The fourth-order valence-electron chi connectivity index (χ4n) is 1.62. The molecule has 6 heteroatoms. The maximum atomic E-state index is 11.9. The monoisotopic (exact) mass is 343 g/mol. The third kappa shape index (κ3) is 3.58. The van der Waals surface area contributed by atoms with Crippen LogP contribution in [0.25, 0.3) is 0 Å². The molecule has 0 unspecified atom stereocenters. The van der Waals surface area contributed by atoms with Gasteiger partial charge in [0.05, 0.1) is 0 Å². The van der Waals surface area contributed by atoms with Gasteiger partial charge in [-0.05, 0) is 52.2 Å². The van der Waals surface area contributed by atoms with E-state index in [1.165, 1.54) is 0 Å². The number of carbonyl (C=O) groups excluding carboxylic acids is 1. The minimum absolute atomic E-state index is 0.158. The molecular formula is C13H11BrClNO3. The smallest absolute Gasteiger partial charge is 0.374 e. The number of aromatic nitrogens is 1. The summed E-state index contributed by atoms with van der Waals surface area (Å²) in [5, 5.41) is 0.368. The van der Waals surface area contributed by atoms with Crippen molar-refractivity contribution in [3.63, 3.8) is 0 Å². The van der Waals surface area contributed by atoms with Crippen molar-refractivity contribution in [1.29, 1.82) is 0 Å². The lowest BCUT2D eigenvalue weighted by Gasteiger charge is -2.15. The Morgan fingerprint density at radius 3 is 2.89 bits per heavy atom. The first-order chi connectivity index (χ1) is 9.10. The van der Waals surface area contributed by atoms with Gasteiger partial charge in [-0.25, -0.2) is 9.78 Å². The van der Waals surface area contributed by atoms with Gasteiger partial charge < -0.3 is 9.15 Å². The molecule has 0 aliphatic carbocycles. The first-order valence-electron chi connectivity index (χ1n) is 5.68. The number of carbonyl (C=O) groups is 1. The van der Waals surface area contributed by atoms with Crippen LogP contribution < -0.4 is 0 Å². The third-order valence-electron chi connectivity index (χ3n) is 2.52. The number of halogens is 2. The quantitative estimate of drug-likeness (QED) is 0.609. The van der Waals surface area contributed by atoms with Crippen LogP contribution in [0.5, 0.6) is 0 Å². The first-order valence-corrected chi connectivity index (χ1v) is 6.85. The van der Waals surface area contributed by atoms with E-state index in [1.807, 2.05) is 6.92 Å². The van der Waals surface area contributed by atoms with E-state index in [1.54, 1.807) is 30.5 Å². The molecule has 1 atom stereocenters. The number of pyridine rings is 1. The Bertz CT molecular complexity index is 585. The van der Waals surface area contributed by atoms with Gasteiger partial charge in [0.1, 0.15) is 11.3 Å². The summed E-state index contributed by atoms with van der Waals surface area (Å²) in [4.78, 5) is 15.8. The van der Waals surface area contributed by atoms with Gasteiger partial charge in [-0.2, -0.15) is 0 Å². The molecule has 0 amide bonds. The molecule has 0 saturated heterocycles. The van der Waals surface area contributed by atoms with Crippen molar-refractivity contribution in [2.75, 3.05) is 0 Å². The normalized spacial score (nSPS) is 12.2. The number of rotatable bonds is 4. The maximum absolute atomic E-state index is 11.9. The molecule has 0 aromatic carbocycles. The van der Waals surface area contributed by atoms with E-state index >= 15 is 0 Å². The molecule has 100 valence electrons. The van der Waals surface area contributed by atoms with E-state index in [0.717, 1.165) is 5.56 Å². The summed E-state index contributed by atoms with van der Waals surface area (Å²) in [5.74, 6) is -0.351. The van der Waals surface area contributed by atoms with Gasteiger partial charge in [-0.1, -0.05) is 18.5 Å². The summed E-state index contributed by atoms with van der Waals surface area (Å²) < 4.78 is 11.0. The molecule has 0 aliphatic heterocycles. The molecular weight excluding hydrogens is 334 g/mol. The molecule has 0 N–H and O–H groups in total. The van der Waals surface area contributed by atoms with Crippen molar-refractivity contribution in [3.8, 4) is 0 Å². The maximum Gasteiger partial charge on any atom is 0.374 e. The Morgan fingerprint density at radius 2 is 2.32 bits per heavy atom. The van der Waals surface area contributed by atoms with Crippen molar-refractivity contribution in [2.24, 2.45) is 0 Å². The van der Waals surface area contributed by atoms with Crippen LogP contribution in [0.2, 0.25) is 5.15 Å². The summed E-state index contributed by atoms with van der Waals surface area (Å²) in [7, 11) is 0. The summed E-state index contributed by atoms with van der Waals surface area (Å²) >= 11 is 8.96. The molecule has 0 fully saturated rings. The van der Waals surface area contributed by atoms with Crippen molar-refractivity contribution < 1.29 is 13.9 Å². The van der Waals surface area contributed by atoms with Crippen LogP contribution in [0.3, 0.4) is 0 Å². The van der Waals surface area contributed by atoms with E-state index in [4.69, 9.17) is 20.8 Å². The number of nitrogens with zero attached hydrogens (tertiary/aromatic N) is 1. The second-order valence-corrected chi connectivity index (χ2v) is 4.99. The lowest BCUT2D eigenvalue weighted by atomic mass is 10.1. The second-order valence-electron chi connectivity index (χ2n) is 3.82. The largest absolute Gasteiger partial charge is 0.452 e. The van der Waals surface area contributed by atoms with Crippen LogP contribution in [0.1, 0.15) is 35.6 Å². The highest BCUT2D eigenvalue weighted by molar-refractivity contribution is 9.10. The van der Waals surface area contributed by atoms with Gasteiger partial charge in [-0.15, -0.1) is 0 Å². The highest BCUT2D eigenvalue weighted by Gasteiger charge is 2.19. The number of esters is 1. The molecule has 19 heavy (non-hydrogen) atoms. The van der Waals surface area contributed by atoms with Crippen LogP contribution in [-0.2, 0) is 4.74 Å².